The first-order valence-corrected chi connectivity index (χ1v) is 18.4. The summed E-state index contributed by atoms with van der Waals surface area (Å²) in [6.07, 6.45) is 0.655. The van der Waals surface area contributed by atoms with Gasteiger partial charge in [-0.2, -0.15) is 5.26 Å². The number of hydrogen-bond donors (Lipinski definition) is 1. The lowest BCUT2D eigenvalue weighted by Crippen LogP contribution is -2.52. The first-order chi connectivity index (χ1) is 26.6. The van der Waals surface area contributed by atoms with Crippen LogP contribution in [0.1, 0.15) is 54.2 Å². The van der Waals surface area contributed by atoms with Gasteiger partial charge in [0.1, 0.15) is 23.4 Å². The van der Waals surface area contributed by atoms with Crippen molar-refractivity contribution in [2.45, 2.75) is 39.4 Å². The summed E-state index contributed by atoms with van der Waals surface area (Å²) in [6, 6.07) is 26.2. The lowest BCUT2D eigenvalue weighted by atomic mass is 9.91. The predicted molar refractivity (Wildman–Crippen MR) is 208 cm³/mol. The maximum atomic E-state index is 15.6. The van der Waals surface area contributed by atoms with Gasteiger partial charge in [-0.3, -0.25) is 14.5 Å². The van der Waals surface area contributed by atoms with Crippen molar-refractivity contribution < 1.29 is 28.6 Å². The third-order valence-corrected chi connectivity index (χ3v) is 11.0. The molecule has 2 amide bonds. The molecule has 3 heterocycles. The molecular weight excluding hydrogens is 698 g/mol. The SMILES string of the molecule is COc1cccc(CN(C(=O)c2cc(-c3cc(F)c(C#N)cc3C(=O)N3Cc4ccccc4C[C@H]3CN3CCOCC3)n(C)c2C)c2ccc(O)cc2)c1C. The zero-order chi connectivity index (χ0) is 38.8. The van der Waals surface area contributed by atoms with Crippen molar-refractivity contribution in [2.75, 3.05) is 44.9 Å². The van der Waals surface area contributed by atoms with Crippen LogP contribution in [0.25, 0.3) is 11.3 Å². The minimum absolute atomic E-state index is 0.0660. The second-order valence-corrected chi connectivity index (χ2v) is 14.2. The van der Waals surface area contributed by atoms with E-state index in [1.165, 1.54) is 29.8 Å². The van der Waals surface area contributed by atoms with Crippen LogP contribution in [-0.4, -0.2) is 77.3 Å². The van der Waals surface area contributed by atoms with Gasteiger partial charge in [0, 0.05) is 61.9 Å². The molecule has 0 radical (unpaired) electrons. The van der Waals surface area contributed by atoms with Crippen molar-refractivity contribution in [1.82, 2.24) is 14.4 Å². The van der Waals surface area contributed by atoms with Crippen molar-refractivity contribution in [3.8, 4) is 28.8 Å². The lowest BCUT2D eigenvalue weighted by molar-refractivity contribution is 0.0193. The number of aromatic nitrogens is 1. The average Bonchev–Trinajstić information content (AvgIpc) is 3.50. The van der Waals surface area contributed by atoms with E-state index in [0.717, 1.165) is 29.8 Å². The van der Waals surface area contributed by atoms with Crippen LogP contribution in [0.5, 0.6) is 11.5 Å². The molecule has 11 heteroatoms. The number of nitriles is 1. The van der Waals surface area contributed by atoms with Crippen LogP contribution >= 0.6 is 0 Å². The second kappa shape index (κ2) is 15.8. The smallest absolute Gasteiger partial charge is 0.260 e. The molecule has 10 nitrogen and oxygen atoms in total. The van der Waals surface area contributed by atoms with E-state index in [-0.39, 0.29) is 46.8 Å². The van der Waals surface area contributed by atoms with E-state index in [4.69, 9.17) is 9.47 Å². The number of methoxy groups -OCH3 is 1. The minimum Gasteiger partial charge on any atom is -0.508 e. The number of morpholine rings is 1. The monoisotopic (exact) mass is 741 g/mol. The fraction of sp³-hybridized carbons (Fsp3) is 0.295. The summed E-state index contributed by atoms with van der Waals surface area (Å²) in [6.45, 7) is 7.73. The number of rotatable bonds is 9. The number of phenolic OH excluding ortho intramolecular Hbond substituents is 1. The van der Waals surface area contributed by atoms with Crippen molar-refractivity contribution in [3.63, 3.8) is 0 Å². The first-order valence-electron chi connectivity index (χ1n) is 18.4. The number of benzene rings is 4. The van der Waals surface area contributed by atoms with Crippen LogP contribution in [0.4, 0.5) is 10.1 Å². The number of anilines is 1. The van der Waals surface area contributed by atoms with Gasteiger partial charge in [0.2, 0.25) is 0 Å². The summed E-state index contributed by atoms with van der Waals surface area (Å²) in [5, 5.41) is 20.0. The van der Waals surface area contributed by atoms with Crippen molar-refractivity contribution in [1.29, 1.82) is 5.26 Å². The number of hydrogen-bond acceptors (Lipinski definition) is 7. The Balaban J connectivity index is 1.30. The van der Waals surface area contributed by atoms with Crippen LogP contribution in [0.2, 0.25) is 0 Å². The molecule has 2 aliphatic heterocycles. The summed E-state index contributed by atoms with van der Waals surface area (Å²) >= 11 is 0. The Kier molecular flexibility index (Phi) is 10.7. The Morgan fingerprint density at radius 1 is 0.982 bits per heavy atom. The zero-order valence-electron chi connectivity index (χ0n) is 31.5. The van der Waals surface area contributed by atoms with Gasteiger partial charge in [-0.1, -0.05) is 36.4 Å². The Hall–Kier alpha value is -5.96. The van der Waals surface area contributed by atoms with E-state index in [2.05, 4.69) is 11.0 Å². The zero-order valence-corrected chi connectivity index (χ0v) is 31.5. The summed E-state index contributed by atoms with van der Waals surface area (Å²) in [5.41, 5.74) is 6.20. The summed E-state index contributed by atoms with van der Waals surface area (Å²) in [7, 11) is 3.38. The van der Waals surface area contributed by atoms with Gasteiger partial charge in [-0.05, 0) is 91.1 Å². The molecule has 282 valence electrons. The topological polar surface area (TPSA) is 111 Å². The van der Waals surface area contributed by atoms with Crippen LogP contribution in [0.15, 0.2) is 84.9 Å². The molecule has 55 heavy (non-hydrogen) atoms. The molecule has 7 rings (SSSR count). The number of nitrogens with zero attached hydrogens (tertiary/aromatic N) is 5. The quantitative estimate of drug-likeness (QED) is 0.177. The van der Waals surface area contributed by atoms with Gasteiger partial charge in [-0.15, -0.1) is 0 Å². The fourth-order valence-electron chi connectivity index (χ4n) is 7.73. The highest BCUT2D eigenvalue weighted by Crippen LogP contribution is 2.35. The van der Waals surface area contributed by atoms with E-state index < -0.39 is 5.82 Å². The van der Waals surface area contributed by atoms with E-state index in [1.807, 2.05) is 61.2 Å². The van der Waals surface area contributed by atoms with E-state index in [0.29, 0.717) is 61.1 Å². The van der Waals surface area contributed by atoms with Gasteiger partial charge in [0.05, 0.1) is 43.6 Å². The van der Waals surface area contributed by atoms with Crippen molar-refractivity contribution in [3.05, 3.63) is 135 Å². The maximum absolute atomic E-state index is 15.6. The standard InChI is InChI=1S/C44H44FN5O5/c1-28-31(10-7-11-42(28)54-4)25-49(34-12-14-36(51)15-13-34)43(52)37-23-41(47(3)29(37)2)38-22-40(45)33(24-46)21-39(38)44(53)50-26-32-9-6-5-8-30(32)20-35(50)27-48-16-18-55-19-17-48/h5-15,21-23,35,51H,16-20,25-27H2,1-4H3/t35-/m0/s1. The van der Waals surface area contributed by atoms with Crippen LogP contribution in [0.3, 0.4) is 0 Å². The molecule has 0 bridgehead atoms. The number of phenols is 1. The Morgan fingerprint density at radius 2 is 1.71 bits per heavy atom. The maximum Gasteiger partial charge on any atom is 0.260 e. The Morgan fingerprint density at radius 3 is 2.42 bits per heavy atom. The highest BCUT2D eigenvalue weighted by atomic mass is 19.1. The van der Waals surface area contributed by atoms with Crippen LogP contribution in [0, 0.1) is 31.0 Å². The molecule has 2 aliphatic rings. The number of ether oxygens (including phenoxy) is 2. The normalized spacial score (nSPS) is 15.6. The molecule has 0 saturated carbocycles. The molecule has 0 aliphatic carbocycles. The molecule has 0 spiro atoms. The molecule has 4 aromatic carbocycles. The number of aromatic hydroxyl groups is 1. The fourth-order valence-corrected chi connectivity index (χ4v) is 7.73. The first kappa shape index (κ1) is 37.4. The van der Waals surface area contributed by atoms with Crippen molar-refractivity contribution >= 4 is 17.5 Å². The Bertz CT molecular complexity index is 2290. The molecule has 1 aromatic heterocycles. The number of carbonyl (C=O) groups is 2. The van der Waals surface area contributed by atoms with Gasteiger partial charge in [-0.25, -0.2) is 4.39 Å². The summed E-state index contributed by atoms with van der Waals surface area (Å²) in [5.74, 6) is -0.638. The summed E-state index contributed by atoms with van der Waals surface area (Å²) < 4.78 is 28.6. The minimum atomic E-state index is -0.756. The molecule has 1 saturated heterocycles. The highest BCUT2D eigenvalue weighted by molar-refractivity contribution is 6.08. The third kappa shape index (κ3) is 7.43. The number of fused-ring (bicyclic) bond motifs is 1. The van der Waals surface area contributed by atoms with Gasteiger partial charge < -0.3 is 28.9 Å². The van der Waals surface area contributed by atoms with Crippen LogP contribution < -0.4 is 9.64 Å². The van der Waals surface area contributed by atoms with E-state index in [9.17, 15) is 20.0 Å². The van der Waals surface area contributed by atoms with Gasteiger partial charge in [0.15, 0.2) is 0 Å². The molecule has 5 aromatic rings. The lowest BCUT2D eigenvalue weighted by Gasteiger charge is -2.40. The molecule has 1 atom stereocenters. The predicted octanol–water partition coefficient (Wildman–Crippen LogP) is 6.78. The van der Waals surface area contributed by atoms with Crippen molar-refractivity contribution in [2.24, 2.45) is 7.05 Å². The van der Waals surface area contributed by atoms with E-state index in [1.54, 1.807) is 41.8 Å². The largest absolute Gasteiger partial charge is 0.508 e. The summed E-state index contributed by atoms with van der Waals surface area (Å²) in [4.78, 5) is 35.4. The number of halogens is 1. The van der Waals surface area contributed by atoms with Gasteiger partial charge in [0.25, 0.3) is 11.8 Å². The molecule has 1 fully saturated rings. The average molecular weight is 742 g/mol. The van der Waals surface area contributed by atoms with E-state index >= 15 is 4.39 Å². The molecule has 1 N–H and O–H groups in total. The van der Waals surface area contributed by atoms with Gasteiger partial charge >= 0.3 is 0 Å². The molecule has 0 unspecified atom stereocenters. The number of carbonyl (C=O) groups excluding carboxylic acids is 2. The van der Waals surface area contributed by atoms with Crippen LogP contribution in [-0.2, 0) is 31.3 Å². The Labute approximate surface area is 320 Å². The highest BCUT2D eigenvalue weighted by Gasteiger charge is 2.34. The third-order valence-electron chi connectivity index (χ3n) is 11.0. The molecular formula is C44H44FN5O5. The second-order valence-electron chi connectivity index (χ2n) is 14.2. The number of amides is 2.